The highest BCUT2D eigenvalue weighted by Gasteiger charge is 2.16. The molecule has 1 aliphatic rings. The molecule has 0 bridgehead atoms. The van der Waals surface area contributed by atoms with Gasteiger partial charge in [0.05, 0.1) is 11.6 Å². The molecule has 1 aliphatic heterocycles. The van der Waals surface area contributed by atoms with E-state index >= 15 is 0 Å². The normalized spacial score (nSPS) is 19.6. The summed E-state index contributed by atoms with van der Waals surface area (Å²) in [7, 11) is 1.71. The number of hydrogen-bond donors (Lipinski definition) is 1. The Labute approximate surface area is 123 Å². The summed E-state index contributed by atoms with van der Waals surface area (Å²) in [5.74, 6) is 3.42. The molecule has 1 heterocycles. The zero-order valence-electron chi connectivity index (χ0n) is 9.63. The van der Waals surface area contributed by atoms with Gasteiger partial charge < -0.3 is 10.1 Å². The Morgan fingerprint density at radius 3 is 2.94 bits per heavy atom. The van der Waals surface area contributed by atoms with Crippen LogP contribution in [0.3, 0.4) is 0 Å². The van der Waals surface area contributed by atoms with Crippen molar-refractivity contribution in [2.45, 2.75) is 19.0 Å². The molecule has 1 N–H and O–H groups in total. The molecule has 1 atom stereocenters. The summed E-state index contributed by atoms with van der Waals surface area (Å²) in [4.78, 5) is 0. The van der Waals surface area contributed by atoms with Crippen molar-refractivity contribution in [3.05, 3.63) is 26.6 Å². The number of methoxy groups -OCH3 is 1. The smallest absolute Gasteiger partial charge is 0.137 e. The predicted octanol–water partition coefficient (Wildman–Crippen LogP) is 3.82. The van der Waals surface area contributed by atoms with E-state index in [1.807, 2.05) is 17.8 Å². The molecule has 1 fully saturated rings. The van der Waals surface area contributed by atoms with Crippen molar-refractivity contribution in [1.82, 2.24) is 5.32 Å². The Morgan fingerprint density at radius 1 is 1.47 bits per heavy atom. The first-order chi connectivity index (χ1) is 8.20. The molecule has 17 heavy (non-hydrogen) atoms. The molecule has 0 spiro atoms. The van der Waals surface area contributed by atoms with E-state index in [2.05, 4.69) is 43.2 Å². The fourth-order valence-electron chi connectivity index (χ4n) is 1.92. The molecular weight excluding hydrogens is 366 g/mol. The second-order valence-electron chi connectivity index (χ2n) is 4.02. The van der Waals surface area contributed by atoms with Crippen LogP contribution in [0.15, 0.2) is 21.1 Å². The van der Waals surface area contributed by atoms with E-state index in [0.717, 1.165) is 21.2 Å². The Bertz CT molecular complexity index is 394. The van der Waals surface area contributed by atoms with Crippen molar-refractivity contribution < 1.29 is 4.74 Å². The summed E-state index contributed by atoms with van der Waals surface area (Å²) >= 11 is 9.06. The Hall–Kier alpha value is 0.290. The van der Waals surface area contributed by atoms with Gasteiger partial charge in [-0.25, -0.2) is 0 Å². The minimum absolute atomic E-state index is 0.641. The van der Waals surface area contributed by atoms with Gasteiger partial charge in [-0.2, -0.15) is 11.8 Å². The van der Waals surface area contributed by atoms with Crippen LogP contribution in [0.1, 0.15) is 12.0 Å². The minimum Gasteiger partial charge on any atom is -0.495 e. The summed E-state index contributed by atoms with van der Waals surface area (Å²) in [5, 5.41) is 3.58. The van der Waals surface area contributed by atoms with E-state index < -0.39 is 0 Å². The van der Waals surface area contributed by atoms with Crippen molar-refractivity contribution in [3.63, 3.8) is 0 Å². The molecule has 0 radical (unpaired) electrons. The number of hydrogen-bond acceptors (Lipinski definition) is 3. The number of rotatable bonds is 4. The van der Waals surface area contributed by atoms with E-state index in [1.54, 1.807) is 7.11 Å². The molecule has 0 aromatic heterocycles. The quantitative estimate of drug-likeness (QED) is 0.857. The van der Waals surface area contributed by atoms with Gasteiger partial charge in [0.25, 0.3) is 0 Å². The van der Waals surface area contributed by atoms with E-state index in [4.69, 9.17) is 4.74 Å². The Kier molecular flexibility index (Phi) is 5.21. The molecule has 2 nitrogen and oxygen atoms in total. The first-order valence-electron chi connectivity index (χ1n) is 5.53. The highest BCUT2D eigenvalue weighted by atomic mass is 79.9. The summed E-state index contributed by atoms with van der Waals surface area (Å²) < 4.78 is 7.50. The van der Waals surface area contributed by atoms with Gasteiger partial charge in [-0.05, 0) is 40.2 Å². The van der Waals surface area contributed by atoms with Crippen LogP contribution in [-0.2, 0) is 6.54 Å². The zero-order chi connectivity index (χ0) is 12.3. The Morgan fingerprint density at radius 2 is 2.29 bits per heavy atom. The van der Waals surface area contributed by atoms with Gasteiger partial charge in [-0.3, -0.25) is 0 Å². The largest absolute Gasteiger partial charge is 0.495 e. The van der Waals surface area contributed by atoms with E-state index in [9.17, 15) is 0 Å². The standard InChI is InChI=1S/C12H15Br2NOS/c1-16-12-8(4-9(13)5-11(12)14)6-15-10-2-3-17-7-10/h4-5,10,15H,2-3,6-7H2,1H3. The second kappa shape index (κ2) is 6.45. The number of benzene rings is 1. The van der Waals surface area contributed by atoms with Crippen LogP contribution in [0, 0.1) is 0 Å². The zero-order valence-corrected chi connectivity index (χ0v) is 13.6. The molecule has 5 heteroatoms. The SMILES string of the molecule is COc1c(Br)cc(Br)cc1CNC1CCSC1. The third-order valence-corrected chi connectivity index (χ3v) is 5.01. The van der Waals surface area contributed by atoms with Gasteiger partial charge in [0.1, 0.15) is 5.75 Å². The fraction of sp³-hybridized carbons (Fsp3) is 0.500. The maximum atomic E-state index is 5.43. The monoisotopic (exact) mass is 379 g/mol. The summed E-state index contributed by atoms with van der Waals surface area (Å²) in [6.45, 7) is 0.854. The van der Waals surface area contributed by atoms with E-state index in [1.165, 1.54) is 23.5 Å². The van der Waals surface area contributed by atoms with Crippen LogP contribution in [0.5, 0.6) is 5.75 Å². The lowest BCUT2D eigenvalue weighted by Gasteiger charge is -2.15. The van der Waals surface area contributed by atoms with Crippen LogP contribution in [-0.4, -0.2) is 24.7 Å². The Balaban J connectivity index is 2.07. The number of halogens is 2. The van der Waals surface area contributed by atoms with Crippen molar-refractivity contribution in [1.29, 1.82) is 0 Å². The van der Waals surface area contributed by atoms with Crippen molar-refractivity contribution >= 4 is 43.6 Å². The highest BCUT2D eigenvalue weighted by Crippen LogP contribution is 2.32. The molecular formula is C12H15Br2NOS. The van der Waals surface area contributed by atoms with Gasteiger partial charge >= 0.3 is 0 Å². The number of nitrogens with one attached hydrogen (secondary N) is 1. The summed E-state index contributed by atoms with van der Waals surface area (Å²) in [6.07, 6.45) is 1.27. The topological polar surface area (TPSA) is 21.3 Å². The summed E-state index contributed by atoms with van der Waals surface area (Å²) in [5.41, 5.74) is 1.19. The number of ether oxygens (including phenoxy) is 1. The lowest BCUT2D eigenvalue weighted by Crippen LogP contribution is -2.28. The molecule has 1 aromatic carbocycles. The van der Waals surface area contributed by atoms with Crippen molar-refractivity contribution in [3.8, 4) is 5.75 Å². The molecule has 1 saturated heterocycles. The average molecular weight is 381 g/mol. The van der Waals surface area contributed by atoms with Crippen molar-refractivity contribution in [2.24, 2.45) is 0 Å². The third kappa shape index (κ3) is 3.63. The first kappa shape index (κ1) is 13.7. The van der Waals surface area contributed by atoms with E-state index in [0.29, 0.717) is 6.04 Å². The van der Waals surface area contributed by atoms with Crippen LogP contribution < -0.4 is 10.1 Å². The molecule has 2 rings (SSSR count). The van der Waals surface area contributed by atoms with Crippen molar-refractivity contribution in [2.75, 3.05) is 18.6 Å². The number of thioether (sulfide) groups is 1. The van der Waals surface area contributed by atoms with Crippen LogP contribution in [0.25, 0.3) is 0 Å². The van der Waals surface area contributed by atoms with Crippen LogP contribution >= 0.6 is 43.6 Å². The predicted molar refractivity (Wildman–Crippen MR) is 81.0 cm³/mol. The molecule has 94 valence electrons. The first-order valence-corrected chi connectivity index (χ1v) is 8.28. The van der Waals surface area contributed by atoms with Gasteiger partial charge in [0.2, 0.25) is 0 Å². The molecule has 0 saturated carbocycles. The maximum Gasteiger partial charge on any atom is 0.137 e. The van der Waals surface area contributed by atoms with Crippen LogP contribution in [0.4, 0.5) is 0 Å². The van der Waals surface area contributed by atoms with Gasteiger partial charge in [-0.15, -0.1) is 0 Å². The molecule has 1 unspecified atom stereocenters. The lowest BCUT2D eigenvalue weighted by molar-refractivity contribution is 0.403. The minimum atomic E-state index is 0.641. The molecule has 0 aliphatic carbocycles. The van der Waals surface area contributed by atoms with Gasteiger partial charge in [-0.1, -0.05) is 15.9 Å². The van der Waals surface area contributed by atoms with E-state index in [-0.39, 0.29) is 0 Å². The van der Waals surface area contributed by atoms with Gasteiger partial charge in [0, 0.05) is 28.4 Å². The highest BCUT2D eigenvalue weighted by molar-refractivity contribution is 9.11. The maximum absolute atomic E-state index is 5.43. The second-order valence-corrected chi connectivity index (χ2v) is 6.94. The lowest BCUT2D eigenvalue weighted by atomic mass is 10.2. The third-order valence-electron chi connectivity index (χ3n) is 2.80. The average Bonchev–Trinajstić information content (AvgIpc) is 2.78. The molecule has 1 aromatic rings. The molecule has 0 amide bonds. The summed E-state index contributed by atoms with van der Waals surface area (Å²) in [6, 6.07) is 4.76. The van der Waals surface area contributed by atoms with Gasteiger partial charge in [0.15, 0.2) is 0 Å². The fourth-order valence-corrected chi connectivity index (χ4v) is 4.59. The van der Waals surface area contributed by atoms with Crippen LogP contribution in [0.2, 0.25) is 0 Å².